The summed E-state index contributed by atoms with van der Waals surface area (Å²) >= 11 is 0. The van der Waals surface area contributed by atoms with Crippen LogP contribution in [0, 0.1) is 0 Å². The van der Waals surface area contributed by atoms with Crippen molar-refractivity contribution in [2.45, 2.75) is 13.0 Å². The first-order valence-electron chi connectivity index (χ1n) is 9.38. The largest absolute Gasteiger partial charge is 0.508 e. The number of para-hydroxylation sites is 1. The number of hydrogen-bond donors (Lipinski definition) is 1. The van der Waals surface area contributed by atoms with Crippen molar-refractivity contribution in [2.75, 3.05) is 31.1 Å². The van der Waals surface area contributed by atoms with Crippen LogP contribution in [0.4, 0.5) is 5.69 Å². The minimum atomic E-state index is -0.108. The lowest BCUT2D eigenvalue weighted by Crippen LogP contribution is -2.49. The highest BCUT2D eigenvalue weighted by atomic mass is 16.3. The minimum absolute atomic E-state index is 0.0925. The molecule has 2 heterocycles. The smallest absolute Gasteiger partial charge is 0.224 e. The number of hydrogen-bond acceptors (Lipinski definition) is 5. The van der Waals surface area contributed by atoms with E-state index < -0.39 is 0 Å². The summed E-state index contributed by atoms with van der Waals surface area (Å²) in [6.07, 6.45) is 1.66. The number of aryl methyl sites for hydroxylation is 1. The van der Waals surface area contributed by atoms with Crippen molar-refractivity contribution in [3.8, 4) is 5.75 Å². The molecule has 0 atom stereocenters. The van der Waals surface area contributed by atoms with Crippen molar-refractivity contribution in [1.82, 2.24) is 14.7 Å². The second-order valence-electron chi connectivity index (χ2n) is 6.88. The van der Waals surface area contributed by atoms with Gasteiger partial charge in [-0.1, -0.05) is 12.1 Å². The molecule has 1 fully saturated rings. The SMILES string of the molecule is O=C(CCn1ncc(=O)c2ccccc21)N1CCN(c2ccc(O)cc2)CC1. The molecule has 0 saturated carbocycles. The summed E-state index contributed by atoms with van der Waals surface area (Å²) < 4.78 is 1.72. The van der Waals surface area contributed by atoms with Gasteiger partial charge in [-0.3, -0.25) is 14.3 Å². The Bertz CT molecular complexity index is 1040. The Hall–Kier alpha value is -3.35. The first kappa shape index (κ1) is 18.0. The van der Waals surface area contributed by atoms with Gasteiger partial charge in [-0.2, -0.15) is 5.10 Å². The second kappa shape index (κ2) is 7.72. The van der Waals surface area contributed by atoms with Gasteiger partial charge in [0.2, 0.25) is 11.3 Å². The normalized spacial score (nSPS) is 14.4. The van der Waals surface area contributed by atoms with E-state index in [0.29, 0.717) is 31.4 Å². The van der Waals surface area contributed by atoms with Gasteiger partial charge >= 0.3 is 0 Å². The molecule has 0 aliphatic carbocycles. The molecule has 1 amide bonds. The number of phenolic OH excluding ortho intramolecular Hbond substituents is 1. The number of aromatic nitrogens is 2. The highest BCUT2D eigenvalue weighted by Crippen LogP contribution is 2.20. The van der Waals surface area contributed by atoms with Crippen LogP contribution in [-0.4, -0.2) is 51.9 Å². The van der Waals surface area contributed by atoms with Crippen LogP contribution in [0.15, 0.2) is 59.5 Å². The fourth-order valence-corrected chi connectivity index (χ4v) is 3.58. The van der Waals surface area contributed by atoms with Gasteiger partial charge in [-0.05, 0) is 36.4 Å². The maximum Gasteiger partial charge on any atom is 0.224 e. The lowest BCUT2D eigenvalue weighted by Gasteiger charge is -2.36. The van der Waals surface area contributed by atoms with Gasteiger partial charge in [0.1, 0.15) is 5.75 Å². The molecule has 4 rings (SSSR count). The summed E-state index contributed by atoms with van der Waals surface area (Å²) in [5, 5.41) is 14.2. The molecule has 1 aromatic heterocycles. The molecule has 0 radical (unpaired) electrons. The third kappa shape index (κ3) is 3.69. The molecule has 7 nitrogen and oxygen atoms in total. The number of aromatic hydroxyl groups is 1. The topological polar surface area (TPSA) is 78.7 Å². The van der Waals surface area contributed by atoms with Gasteiger partial charge in [0, 0.05) is 43.7 Å². The molecular weight excluding hydrogens is 356 g/mol. The van der Waals surface area contributed by atoms with Gasteiger partial charge in [0.05, 0.1) is 18.3 Å². The van der Waals surface area contributed by atoms with E-state index in [2.05, 4.69) is 10.00 Å². The molecule has 2 aromatic carbocycles. The summed E-state index contributed by atoms with van der Waals surface area (Å²) in [4.78, 5) is 28.6. The number of phenols is 1. The quantitative estimate of drug-likeness (QED) is 0.750. The fraction of sp³-hybridized carbons (Fsp3) is 0.286. The molecule has 0 spiro atoms. The highest BCUT2D eigenvalue weighted by Gasteiger charge is 2.21. The monoisotopic (exact) mass is 378 g/mol. The van der Waals surface area contributed by atoms with E-state index in [9.17, 15) is 14.7 Å². The lowest BCUT2D eigenvalue weighted by atomic mass is 10.2. The predicted molar refractivity (Wildman–Crippen MR) is 108 cm³/mol. The number of amides is 1. The Morgan fingerprint density at radius 2 is 1.71 bits per heavy atom. The average Bonchev–Trinajstić information content (AvgIpc) is 2.74. The van der Waals surface area contributed by atoms with Crippen molar-refractivity contribution < 1.29 is 9.90 Å². The number of carbonyl (C=O) groups excluding carboxylic acids is 1. The van der Waals surface area contributed by atoms with Gasteiger partial charge in [-0.25, -0.2) is 0 Å². The third-order valence-corrected chi connectivity index (χ3v) is 5.15. The van der Waals surface area contributed by atoms with Gasteiger partial charge < -0.3 is 14.9 Å². The summed E-state index contributed by atoms with van der Waals surface area (Å²) in [6.45, 7) is 3.29. The number of benzene rings is 2. The molecular formula is C21H22N4O3. The molecule has 3 aromatic rings. The molecule has 144 valence electrons. The summed E-state index contributed by atoms with van der Waals surface area (Å²) in [7, 11) is 0. The van der Waals surface area contributed by atoms with E-state index in [1.807, 2.05) is 35.2 Å². The Balaban J connectivity index is 1.36. The van der Waals surface area contributed by atoms with Crippen LogP contribution in [-0.2, 0) is 11.3 Å². The molecule has 0 bridgehead atoms. The van der Waals surface area contributed by atoms with E-state index >= 15 is 0 Å². The second-order valence-corrected chi connectivity index (χ2v) is 6.88. The first-order valence-corrected chi connectivity index (χ1v) is 9.38. The standard InChI is InChI=1S/C21H22N4O3/c26-17-7-5-16(6-8-17)23-11-13-24(14-12-23)21(28)9-10-25-19-4-2-1-3-18(19)20(27)15-22-25/h1-8,15,26H,9-14H2. The van der Waals surface area contributed by atoms with E-state index in [1.54, 1.807) is 22.9 Å². The minimum Gasteiger partial charge on any atom is -0.508 e. The number of carbonyl (C=O) groups is 1. The molecule has 0 unspecified atom stereocenters. The van der Waals surface area contributed by atoms with Gasteiger partial charge in [0.15, 0.2) is 0 Å². The zero-order chi connectivity index (χ0) is 19.5. The van der Waals surface area contributed by atoms with Crippen LogP contribution in [0.2, 0.25) is 0 Å². The molecule has 1 aliphatic rings. The number of nitrogens with zero attached hydrogens (tertiary/aromatic N) is 4. The van der Waals surface area contributed by atoms with Crippen molar-refractivity contribution in [3.05, 3.63) is 65.0 Å². The Morgan fingerprint density at radius 1 is 1.00 bits per heavy atom. The van der Waals surface area contributed by atoms with Crippen molar-refractivity contribution in [1.29, 1.82) is 0 Å². The summed E-state index contributed by atoms with van der Waals surface area (Å²) in [5.74, 6) is 0.344. The maximum atomic E-state index is 12.6. The van der Waals surface area contributed by atoms with Gasteiger partial charge in [-0.15, -0.1) is 0 Å². The molecule has 1 N–H and O–H groups in total. The van der Waals surface area contributed by atoms with Crippen LogP contribution in [0.3, 0.4) is 0 Å². The Morgan fingerprint density at radius 3 is 2.46 bits per heavy atom. The fourth-order valence-electron chi connectivity index (χ4n) is 3.58. The maximum absolute atomic E-state index is 12.6. The number of rotatable bonds is 4. The van der Waals surface area contributed by atoms with Crippen LogP contribution in [0.25, 0.3) is 10.9 Å². The van der Waals surface area contributed by atoms with E-state index in [1.165, 1.54) is 6.20 Å². The van der Waals surface area contributed by atoms with Crippen molar-refractivity contribution in [2.24, 2.45) is 0 Å². The molecule has 1 saturated heterocycles. The summed E-state index contributed by atoms with van der Waals surface area (Å²) in [6, 6.07) is 14.4. The van der Waals surface area contributed by atoms with Gasteiger partial charge in [0.25, 0.3) is 0 Å². The number of piperazine rings is 1. The zero-order valence-corrected chi connectivity index (χ0v) is 15.5. The summed E-state index contributed by atoms with van der Waals surface area (Å²) in [5.41, 5.74) is 1.69. The van der Waals surface area contributed by atoms with Crippen LogP contribution < -0.4 is 10.3 Å². The highest BCUT2D eigenvalue weighted by molar-refractivity contribution is 5.79. The molecule has 28 heavy (non-hydrogen) atoms. The van der Waals surface area contributed by atoms with Crippen LogP contribution in [0.5, 0.6) is 5.75 Å². The Kier molecular flexibility index (Phi) is 4.97. The van der Waals surface area contributed by atoms with E-state index in [0.717, 1.165) is 24.3 Å². The number of fused-ring (bicyclic) bond motifs is 1. The molecule has 7 heteroatoms. The average molecular weight is 378 g/mol. The predicted octanol–water partition coefficient (Wildman–Crippen LogP) is 1.84. The van der Waals surface area contributed by atoms with E-state index in [-0.39, 0.29) is 17.1 Å². The first-order chi connectivity index (χ1) is 13.6. The Labute approximate surface area is 162 Å². The van der Waals surface area contributed by atoms with Crippen molar-refractivity contribution in [3.63, 3.8) is 0 Å². The van der Waals surface area contributed by atoms with Crippen LogP contribution >= 0.6 is 0 Å². The van der Waals surface area contributed by atoms with Crippen molar-refractivity contribution >= 4 is 22.5 Å². The molecule has 1 aliphatic heterocycles. The van der Waals surface area contributed by atoms with Crippen LogP contribution in [0.1, 0.15) is 6.42 Å². The number of anilines is 1. The van der Waals surface area contributed by atoms with E-state index in [4.69, 9.17) is 0 Å². The zero-order valence-electron chi connectivity index (χ0n) is 15.5. The lowest BCUT2D eigenvalue weighted by molar-refractivity contribution is -0.131. The third-order valence-electron chi connectivity index (χ3n) is 5.15.